The number of nitrogens with one attached hydrogen (secondary N) is 1. The van der Waals surface area contributed by atoms with Gasteiger partial charge in [0.25, 0.3) is 0 Å². The monoisotopic (exact) mass is 224 g/mol. The molecule has 88 valence electrons. The predicted octanol–water partition coefficient (Wildman–Crippen LogP) is 1.44. The second kappa shape index (κ2) is 5.16. The number of hydrogen-bond acceptors (Lipinski definition) is 3. The Bertz CT molecular complexity index is 346. The molecule has 2 rings (SSSR count). The molecule has 1 unspecified atom stereocenters. The molecule has 0 amide bonds. The highest BCUT2D eigenvalue weighted by Gasteiger charge is 2.22. The van der Waals surface area contributed by atoms with Gasteiger partial charge in [0.15, 0.2) is 0 Å². The first-order valence-corrected chi connectivity index (χ1v) is 5.52. The zero-order valence-corrected chi connectivity index (χ0v) is 9.45. The Balaban J connectivity index is 2.20. The quantitative estimate of drug-likeness (QED) is 0.841. The minimum Gasteiger partial charge on any atom is -0.497 e. The third-order valence-electron chi connectivity index (χ3n) is 2.91. The molecule has 1 aromatic rings. The number of methoxy groups -OCH3 is 1. The van der Waals surface area contributed by atoms with Gasteiger partial charge in [0.05, 0.1) is 13.2 Å². The second-order valence-electron chi connectivity index (χ2n) is 3.91. The molecule has 1 saturated heterocycles. The molecule has 4 heteroatoms. The van der Waals surface area contributed by atoms with Crippen molar-refractivity contribution < 1.29 is 9.13 Å². The number of alkyl halides is 1. The van der Waals surface area contributed by atoms with Gasteiger partial charge in [-0.3, -0.25) is 0 Å². The summed E-state index contributed by atoms with van der Waals surface area (Å²) in [6.07, 6.45) is 0. The molecule has 0 saturated carbocycles. The SMILES string of the molecule is COc1cccc(N2CCNCC2CF)c1. The average molecular weight is 224 g/mol. The summed E-state index contributed by atoms with van der Waals surface area (Å²) in [6.45, 7) is 2.10. The summed E-state index contributed by atoms with van der Waals surface area (Å²) in [5.41, 5.74) is 1.03. The summed E-state index contributed by atoms with van der Waals surface area (Å²) in [5.74, 6) is 0.814. The highest BCUT2D eigenvalue weighted by Crippen LogP contribution is 2.23. The van der Waals surface area contributed by atoms with Gasteiger partial charge in [-0.2, -0.15) is 0 Å². The lowest BCUT2D eigenvalue weighted by atomic mass is 10.1. The Kier molecular flexibility index (Phi) is 3.62. The van der Waals surface area contributed by atoms with E-state index in [0.717, 1.165) is 24.5 Å². The number of ether oxygens (including phenoxy) is 1. The molecule has 0 spiro atoms. The Labute approximate surface area is 95.2 Å². The fraction of sp³-hybridized carbons (Fsp3) is 0.500. The van der Waals surface area contributed by atoms with E-state index in [1.54, 1.807) is 7.11 Å². The van der Waals surface area contributed by atoms with Gasteiger partial charge in [-0.25, -0.2) is 4.39 Å². The van der Waals surface area contributed by atoms with E-state index < -0.39 is 0 Å². The van der Waals surface area contributed by atoms with Crippen LogP contribution in [0.2, 0.25) is 0 Å². The van der Waals surface area contributed by atoms with Crippen LogP contribution in [-0.2, 0) is 0 Å². The number of piperazine rings is 1. The van der Waals surface area contributed by atoms with Crippen LogP contribution < -0.4 is 15.0 Å². The van der Waals surface area contributed by atoms with Crippen molar-refractivity contribution in [3.63, 3.8) is 0 Å². The summed E-state index contributed by atoms with van der Waals surface area (Å²) < 4.78 is 18.1. The Morgan fingerprint density at radius 1 is 1.56 bits per heavy atom. The molecule has 0 bridgehead atoms. The van der Waals surface area contributed by atoms with Crippen LogP contribution in [0.25, 0.3) is 0 Å². The minimum atomic E-state index is -0.329. The summed E-state index contributed by atoms with van der Waals surface area (Å²) in [6, 6.07) is 7.72. The van der Waals surface area contributed by atoms with Gasteiger partial charge in [0.1, 0.15) is 12.4 Å². The topological polar surface area (TPSA) is 24.5 Å². The molecule has 1 N–H and O–H groups in total. The van der Waals surface area contributed by atoms with E-state index in [9.17, 15) is 4.39 Å². The van der Waals surface area contributed by atoms with Gasteiger partial charge in [0.2, 0.25) is 0 Å². The lowest BCUT2D eigenvalue weighted by molar-refractivity contribution is 0.369. The van der Waals surface area contributed by atoms with Crippen LogP contribution in [0.3, 0.4) is 0 Å². The van der Waals surface area contributed by atoms with Gasteiger partial charge in [-0.1, -0.05) is 6.07 Å². The largest absolute Gasteiger partial charge is 0.497 e. The Hall–Kier alpha value is -1.29. The molecule has 1 fully saturated rings. The van der Waals surface area contributed by atoms with E-state index in [0.29, 0.717) is 6.54 Å². The number of rotatable bonds is 3. The zero-order valence-electron chi connectivity index (χ0n) is 9.45. The van der Waals surface area contributed by atoms with Crippen LogP contribution in [0.4, 0.5) is 10.1 Å². The van der Waals surface area contributed by atoms with Crippen molar-refractivity contribution in [1.82, 2.24) is 5.32 Å². The third-order valence-corrected chi connectivity index (χ3v) is 2.91. The van der Waals surface area contributed by atoms with Crippen molar-refractivity contribution in [2.45, 2.75) is 6.04 Å². The van der Waals surface area contributed by atoms with Crippen molar-refractivity contribution in [3.05, 3.63) is 24.3 Å². The summed E-state index contributed by atoms with van der Waals surface area (Å²) in [5, 5.41) is 3.20. The highest BCUT2D eigenvalue weighted by atomic mass is 19.1. The molecular formula is C12H17FN2O. The molecule has 16 heavy (non-hydrogen) atoms. The number of halogens is 1. The molecule has 0 aliphatic carbocycles. The summed E-state index contributed by atoms with van der Waals surface area (Å²) >= 11 is 0. The molecule has 1 aliphatic rings. The molecule has 0 aromatic heterocycles. The number of benzene rings is 1. The maximum Gasteiger partial charge on any atom is 0.120 e. The van der Waals surface area contributed by atoms with Crippen LogP contribution in [0.1, 0.15) is 0 Å². The lowest BCUT2D eigenvalue weighted by Crippen LogP contribution is -2.52. The zero-order chi connectivity index (χ0) is 11.4. The van der Waals surface area contributed by atoms with E-state index >= 15 is 0 Å². The van der Waals surface area contributed by atoms with Gasteiger partial charge in [-0.15, -0.1) is 0 Å². The van der Waals surface area contributed by atoms with Crippen LogP contribution in [-0.4, -0.2) is 39.5 Å². The molecule has 1 aromatic carbocycles. The van der Waals surface area contributed by atoms with Crippen LogP contribution in [0.15, 0.2) is 24.3 Å². The fourth-order valence-electron chi connectivity index (χ4n) is 2.03. The molecule has 3 nitrogen and oxygen atoms in total. The highest BCUT2D eigenvalue weighted by molar-refractivity contribution is 5.52. The lowest BCUT2D eigenvalue weighted by Gasteiger charge is -2.36. The van der Waals surface area contributed by atoms with Gasteiger partial charge in [0, 0.05) is 31.4 Å². The van der Waals surface area contributed by atoms with Gasteiger partial charge < -0.3 is 15.0 Å². The number of anilines is 1. The smallest absolute Gasteiger partial charge is 0.120 e. The molecule has 1 heterocycles. The normalized spacial score (nSPS) is 20.9. The Morgan fingerprint density at radius 3 is 3.19 bits per heavy atom. The third kappa shape index (κ3) is 2.27. The average Bonchev–Trinajstić information content (AvgIpc) is 2.38. The standard InChI is InChI=1S/C12H17FN2O/c1-16-12-4-2-3-10(7-12)15-6-5-14-9-11(15)8-13/h2-4,7,11,14H,5-6,8-9H2,1H3. The number of nitrogens with zero attached hydrogens (tertiary/aromatic N) is 1. The molecule has 0 radical (unpaired) electrons. The number of hydrogen-bond donors (Lipinski definition) is 1. The van der Waals surface area contributed by atoms with E-state index in [1.807, 2.05) is 24.3 Å². The molecule has 1 aliphatic heterocycles. The fourth-order valence-corrected chi connectivity index (χ4v) is 2.03. The molecule has 1 atom stereocenters. The maximum absolute atomic E-state index is 12.9. The minimum absolute atomic E-state index is 0.0687. The first-order chi connectivity index (χ1) is 7.85. The van der Waals surface area contributed by atoms with E-state index in [-0.39, 0.29) is 12.7 Å². The van der Waals surface area contributed by atoms with E-state index in [4.69, 9.17) is 4.74 Å². The van der Waals surface area contributed by atoms with Crippen LogP contribution in [0.5, 0.6) is 5.75 Å². The molecular weight excluding hydrogens is 207 g/mol. The van der Waals surface area contributed by atoms with Crippen molar-refractivity contribution in [2.75, 3.05) is 38.3 Å². The van der Waals surface area contributed by atoms with Crippen LogP contribution in [0, 0.1) is 0 Å². The first-order valence-electron chi connectivity index (χ1n) is 5.52. The Morgan fingerprint density at radius 2 is 2.44 bits per heavy atom. The summed E-state index contributed by atoms with van der Waals surface area (Å²) in [4.78, 5) is 2.10. The van der Waals surface area contributed by atoms with Crippen molar-refractivity contribution >= 4 is 5.69 Å². The van der Waals surface area contributed by atoms with E-state index in [2.05, 4.69) is 10.2 Å². The van der Waals surface area contributed by atoms with Crippen molar-refractivity contribution in [1.29, 1.82) is 0 Å². The van der Waals surface area contributed by atoms with Crippen LogP contribution >= 0.6 is 0 Å². The van der Waals surface area contributed by atoms with Gasteiger partial charge in [-0.05, 0) is 12.1 Å². The van der Waals surface area contributed by atoms with Crippen molar-refractivity contribution in [2.24, 2.45) is 0 Å². The van der Waals surface area contributed by atoms with Gasteiger partial charge >= 0.3 is 0 Å². The second-order valence-corrected chi connectivity index (χ2v) is 3.91. The summed E-state index contributed by atoms with van der Waals surface area (Å²) in [7, 11) is 1.64. The predicted molar refractivity (Wildman–Crippen MR) is 63.0 cm³/mol. The maximum atomic E-state index is 12.9. The van der Waals surface area contributed by atoms with E-state index in [1.165, 1.54) is 0 Å². The van der Waals surface area contributed by atoms with Crippen molar-refractivity contribution in [3.8, 4) is 5.75 Å². The first kappa shape index (κ1) is 11.2.